The molecule has 0 bridgehead atoms. The van der Waals surface area contributed by atoms with Crippen molar-refractivity contribution in [1.29, 1.82) is 0 Å². The van der Waals surface area contributed by atoms with Crippen LogP contribution < -0.4 is 5.32 Å². The molecule has 0 spiro atoms. The van der Waals surface area contributed by atoms with E-state index in [4.69, 9.17) is 5.11 Å². The van der Waals surface area contributed by atoms with Crippen molar-refractivity contribution in [2.24, 2.45) is 5.92 Å². The number of benzene rings is 1. The first-order valence-corrected chi connectivity index (χ1v) is 6.27. The van der Waals surface area contributed by atoms with Gasteiger partial charge < -0.3 is 15.3 Å². The van der Waals surface area contributed by atoms with E-state index >= 15 is 0 Å². The molecule has 1 aliphatic rings. The first-order chi connectivity index (χ1) is 9.63. The molecule has 2 heterocycles. The number of hydrogen-bond acceptors (Lipinski definition) is 3. The maximum absolute atomic E-state index is 11.9. The van der Waals surface area contributed by atoms with Crippen LogP contribution in [0.5, 0.6) is 0 Å². The summed E-state index contributed by atoms with van der Waals surface area (Å²) in [5.74, 6) is -1.30. The summed E-state index contributed by atoms with van der Waals surface area (Å²) in [5.41, 5.74) is 1.54. The molecule has 102 valence electrons. The summed E-state index contributed by atoms with van der Waals surface area (Å²) in [7, 11) is 0. The van der Waals surface area contributed by atoms with Gasteiger partial charge >= 0.3 is 12.0 Å². The summed E-state index contributed by atoms with van der Waals surface area (Å²) >= 11 is 0. The molecule has 1 fully saturated rings. The number of urea groups is 1. The summed E-state index contributed by atoms with van der Waals surface area (Å²) < 4.78 is 0. The molecular formula is C14H13N3O3. The number of carboxylic acids is 1. The van der Waals surface area contributed by atoms with E-state index in [1.807, 2.05) is 24.3 Å². The molecule has 0 unspecified atom stereocenters. The Hall–Kier alpha value is -2.63. The van der Waals surface area contributed by atoms with E-state index in [1.54, 1.807) is 12.3 Å². The molecule has 2 amide bonds. The quantitative estimate of drug-likeness (QED) is 0.872. The summed E-state index contributed by atoms with van der Waals surface area (Å²) in [6.45, 7) is 0.520. The van der Waals surface area contributed by atoms with E-state index in [0.29, 0.717) is 5.69 Å². The number of aromatic nitrogens is 1. The molecule has 1 aromatic heterocycles. The Morgan fingerprint density at radius 3 is 2.85 bits per heavy atom. The normalized spacial score (nSPS) is 14.9. The predicted octanol–water partition coefficient (Wildman–Crippen LogP) is 1.78. The summed E-state index contributed by atoms with van der Waals surface area (Å²) in [4.78, 5) is 28.3. The number of fused-ring (bicyclic) bond motifs is 1. The number of likely N-dealkylation sites (tertiary alicyclic amines) is 1. The van der Waals surface area contributed by atoms with Crippen LogP contribution in [-0.4, -0.2) is 40.1 Å². The molecule has 0 aliphatic carbocycles. The Labute approximate surface area is 115 Å². The largest absolute Gasteiger partial charge is 0.481 e. The lowest BCUT2D eigenvalue weighted by Crippen LogP contribution is -2.54. The van der Waals surface area contributed by atoms with Gasteiger partial charge in [-0.25, -0.2) is 4.79 Å². The highest BCUT2D eigenvalue weighted by Gasteiger charge is 2.35. The van der Waals surface area contributed by atoms with E-state index in [-0.39, 0.29) is 19.1 Å². The Morgan fingerprint density at radius 2 is 2.10 bits per heavy atom. The van der Waals surface area contributed by atoms with Gasteiger partial charge in [-0.2, -0.15) is 0 Å². The highest BCUT2D eigenvalue weighted by Crippen LogP contribution is 2.20. The van der Waals surface area contributed by atoms with Crippen molar-refractivity contribution >= 4 is 28.6 Å². The zero-order valence-corrected chi connectivity index (χ0v) is 10.6. The van der Waals surface area contributed by atoms with Gasteiger partial charge in [0.15, 0.2) is 0 Å². The topological polar surface area (TPSA) is 82.5 Å². The zero-order valence-electron chi connectivity index (χ0n) is 10.6. The standard InChI is InChI=1S/C14H13N3O3/c18-13(19)10-7-17(8-10)14(20)16-11-3-4-12-9(6-11)2-1-5-15-12/h1-6,10H,7-8H2,(H,16,20)(H,18,19). The van der Waals surface area contributed by atoms with E-state index in [1.165, 1.54) is 4.90 Å². The number of hydrogen-bond donors (Lipinski definition) is 2. The Kier molecular flexibility index (Phi) is 2.98. The minimum atomic E-state index is -0.856. The number of aliphatic carboxylic acids is 1. The number of nitrogens with zero attached hydrogens (tertiary/aromatic N) is 2. The Morgan fingerprint density at radius 1 is 1.30 bits per heavy atom. The van der Waals surface area contributed by atoms with Crippen LogP contribution in [0.15, 0.2) is 36.5 Å². The molecule has 1 aliphatic heterocycles. The van der Waals surface area contributed by atoms with Crippen molar-refractivity contribution in [3.8, 4) is 0 Å². The molecule has 1 saturated heterocycles. The number of rotatable bonds is 2. The fraction of sp³-hybridized carbons (Fsp3) is 0.214. The van der Waals surface area contributed by atoms with Gasteiger partial charge in [0.2, 0.25) is 0 Å². The van der Waals surface area contributed by atoms with E-state index in [9.17, 15) is 9.59 Å². The highest BCUT2D eigenvalue weighted by molar-refractivity contribution is 5.93. The third kappa shape index (κ3) is 2.27. The Bertz CT molecular complexity index is 680. The molecule has 2 N–H and O–H groups in total. The van der Waals surface area contributed by atoms with Crippen LogP contribution in [-0.2, 0) is 4.79 Å². The summed E-state index contributed by atoms with van der Waals surface area (Å²) in [6, 6.07) is 8.94. The number of nitrogens with one attached hydrogen (secondary N) is 1. The molecule has 3 rings (SSSR count). The fourth-order valence-corrected chi connectivity index (χ4v) is 2.16. The molecule has 0 saturated carbocycles. The second-order valence-corrected chi connectivity index (χ2v) is 4.78. The average molecular weight is 271 g/mol. The fourth-order valence-electron chi connectivity index (χ4n) is 2.16. The van der Waals surface area contributed by atoms with Crippen molar-refractivity contribution < 1.29 is 14.7 Å². The van der Waals surface area contributed by atoms with Gasteiger partial charge in [-0.1, -0.05) is 6.07 Å². The molecule has 6 heteroatoms. The van der Waals surface area contributed by atoms with Crippen molar-refractivity contribution in [1.82, 2.24) is 9.88 Å². The first-order valence-electron chi connectivity index (χ1n) is 6.27. The third-order valence-corrected chi connectivity index (χ3v) is 3.37. The van der Waals surface area contributed by atoms with Crippen LogP contribution in [0.4, 0.5) is 10.5 Å². The summed E-state index contributed by atoms with van der Waals surface area (Å²) in [6.07, 6.45) is 1.71. The first kappa shape index (κ1) is 12.4. The van der Waals surface area contributed by atoms with E-state index in [0.717, 1.165) is 10.9 Å². The van der Waals surface area contributed by atoms with Crippen molar-refractivity contribution in [3.05, 3.63) is 36.5 Å². The molecule has 0 atom stereocenters. The van der Waals surface area contributed by atoms with Crippen LogP contribution in [0.1, 0.15) is 0 Å². The number of pyridine rings is 1. The predicted molar refractivity (Wildman–Crippen MR) is 73.5 cm³/mol. The second-order valence-electron chi connectivity index (χ2n) is 4.78. The lowest BCUT2D eigenvalue weighted by atomic mass is 10.0. The Balaban J connectivity index is 1.67. The molecule has 2 aromatic rings. The molecular weight excluding hydrogens is 258 g/mol. The molecule has 1 aromatic carbocycles. The highest BCUT2D eigenvalue weighted by atomic mass is 16.4. The number of amides is 2. The smallest absolute Gasteiger partial charge is 0.321 e. The van der Waals surface area contributed by atoms with Gasteiger partial charge in [-0.3, -0.25) is 9.78 Å². The maximum atomic E-state index is 11.9. The van der Waals surface area contributed by atoms with Crippen LogP contribution in [0.25, 0.3) is 10.9 Å². The second kappa shape index (κ2) is 4.80. The SMILES string of the molecule is O=C(O)C1CN(C(=O)Nc2ccc3ncccc3c2)C1. The number of anilines is 1. The zero-order chi connectivity index (χ0) is 14.1. The van der Waals surface area contributed by atoms with E-state index in [2.05, 4.69) is 10.3 Å². The van der Waals surface area contributed by atoms with Gasteiger partial charge in [0.25, 0.3) is 0 Å². The molecule has 0 radical (unpaired) electrons. The van der Waals surface area contributed by atoms with Gasteiger partial charge in [-0.15, -0.1) is 0 Å². The molecule has 20 heavy (non-hydrogen) atoms. The number of carboxylic acid groups (broad SMARTS) is 1. The van der Waals surface area contributed by atoms with Crippen molar-refractivity contribution in [2.75, 3.05) is 18.4 Å². The summed E-state index contributed by atoms with van der Waals surface area (Å²) in [5, 5.41) is 12.5. The number of carbonyl (C=O) groups excluding carboxylic acids is 1. The van der Waals surface area contributed by atoms with Crippen LogP contribution >= 0.6 is 0 Å². The third-order valence-electron chi connectivity index (χ3n) is 3.37. The van der Waals surface area contributed by atoms with Crippen molar-refractivity contribution in [2.45, 2.75) is 0 Å². The average Bonchev–Trinajstić information content (AvgIpc) is 2.36. The minimum absolute atomic E-state index is 0.260. The maximum Gasteiger partial charge on any atom is 0.321 e. The van der Waals surface area contributed by atoms with Gasteiger partial charge in [0.1, 0.15) is 0 Å². The lowest BCUT2D eigenvalue weighted by molar-refractivity contribution is -0.145. The number of carbonyl (C=O) groups is 2. The van der Waals surface area contributed by atoms with Gasteiger partial charge in [0, 0.05) is 30.4 Å². The van der Waals surface area contributed by atoms with Gasteiger partial charge in [-0.05, 0) is 24.3 Å². The van der Waals surface area contributed by atoms with Crippen molar-refractivity contribution in [3.63, 3.8) is 0 Å². The lowest BCUT2D eigenvalue weighted by Gasteiger charge is -2.36. The van der Waals surface area contributed by atoms with Crippen LogP contribution in [0, 0.1) is 5.92 Å². The molecule has 6 nitrogen and oxygen atoms in total. The van der Waals surface area contributed by atoms with Crippen LogP contribution in [0.2, 0.25) is 0 Å². The monoisotopic (exact) mass is 271 g/mol. The van der Waals surface area contributed by atoms with Crippen LogP contribution in [0.3, 0.4) is 0 Å². The van der Waals surface area contributed by atoms with E-state index < -0.39 is 11.9 Å². The minimum Gasteiger partial charge on any atom is -0.481 e. The van der Waals surface area contributed by atoms with Gasteiger partial charge in [0.05, 0.1) is 11.4 Å².